The van der Waals surface area contributed by atoms with Crippen molar-refractivity contribution in [3.63, 3.8) is 0 Å². The highest BCUT2D eigenvalue weighted by Gasteiger charge is 2.24. The molecule has 0 aromatic carbocycles. The summed E-state index contributed by atoms with van der Waals surface area (Å²) in [4.78, 5) is 20.4. The van der Waals surface area contributed by atoms with E-state index in [2.05, 4.69) is 28.3 Å². The van der Waals surface area contributed by atoms with Crippen LogP contribution in [0.2, 0.25) is 0 Å². The van der Waals surface area contributed by atoms with Crippen LogP contribution in [0.3, 0.4) is 0 Å². The molecule has 3 rings (SSSR count). The molecule has 0 bridgehead atoms. The Morgan fingerprint density at radius 2 is 2.27 bits per heavy atom. The standard InChI is InChI=1S/C15H16N4OS2/c1-19-4-2-10(3-5-19)14(20)18-15-17-8-13(22-15)11-6-12(7-16)21-9-11/h6,8-10H,2-5H2,1H3,(H,17,18,20). The molecule has 0 radical (unpaired) electrons. The molecule has 0 saturated carbocycles. The van der Waals surface area contributed by atoms with Crippen molar-refractivity contribution in [1.82, 2.24) is 9.88 Å². The molecule has 0 aliphatic carbocycles. The summed E-state index contributed by atoms with van der Waals surface area (Å²) in [6.45, 7) is 1.93. The van der Waals surface area contributed by atoms with Gasteiger partial charge in [-0.15, -0.1) is 11.3 Å². The number of rotatable bonds is 3. The maximum absolute atomic E-state index is 12.3. The lowest BCUT2D eigenvalue weighted by molar-refractivity contribution is -0.121. The summed E-state index contributed by atoms with van der Waals surface area (Å²) in [7, 11) is 2.08. The Morgan fingerprint density at radius 3 is 2.95 bits per heavy atom. The molecular formula is C15H16N4OS2. The van der Waals surface area contributed by atoms with Crippen molar-refractivity contribution in [3.8, 4) is 16.5 Å². The van der Waals surface area contributed by atoms with Crippen LogP contribution < -0.4 is 5.32 Å². The number of nitrogens with one attached hydrogen (secondary N) is 1. The molecule has 1 N–H and O–H groups in total. The number of hydrogen-bond donors (Lipinski definition) is 1. The number of thiophene rings is 1. The van der Waals surface area contributed by atoms with Gasteiger partial charge in [-0.3, -0.25) is 4.79 Å². The Morgan fingerprint density at radius 1 is 1.50 bits per heavy atom. The maximum atomic E-state index is 12.3. The average Bonchev–Trinajstić information content (AvgIpc) is 3.16. The van der Waals surface area contributed by atoms with Gasteiger partial charge < -0.3 is 10.2 Å². The molecule has 5 nitrogen and oxygen atoms in total. The minimum absolute atomic E-state index is 0.0667. The van der Waals surface area contributed by atoms with Gasteiger partial charge in [0.05, 0.1) is 4.88 Å². The molecule has 1 aliphatic rings. The largest absolute Gasteiger partial charge is 0.306 e. The van der Waals surface area contributed by atoms with Crippen LogP contribution >= 0.6 is 22.7 Å². The van der Waals surface area contributed by atoms with E-state index in [1.54, 1.807) is 6.20 Å². The van der Waals surface area contributed by atoms with E-state index >= 15 is 0 Å². The minimum atomic E-state index is 0.0667. The van der Waals surface area contributed by atoms with Crippen molar-refractivity contribution in [2.75, 3.05) is 25.5 Å². The zero-order valence-electron chi connectivity index (χ0n) is 12.2. The topological polar surface area (TPSA) is 69.0 Å². The predicted molar refractivity (Wildman–Crippen MR) is 89.0 cm³/mol. The van der Waals surface area contributed by atoms with Crippen LogP contribution in [0.25, 0.3) is 10.4 Å². The Hall–Kier alpha value is -1.75. The van der Waals surface area contributed by atoms with Gasteiger partial charge in [0.2, 0.25) is 5.91 Å². The molecule has 2 aromatic rings. The summed E-state index contributed by atoms with van der Waals surface area (Å²) < 4.78 is 0. The minimum Gasteiger partial charge on any atom is -0.306 e. The van der Waals surface area contributed by atoms with E-state index in [-0.39, 0.29) is 11.8 Å². The number of anilines is 1. The van der Waals surface area contributed by atoms with E-state index in [4.69, 9.17) is 5.26 Å². The number of hydrogen-bond acceptors (Lipinski definition) is 6. The number of carbonyl (C=O) groups excluding carboxylic acids is 1. The normalized spacial score (nSPS) is 16.4. The van der Waals surface area contributed by atoms with Crippen LogP contribution in [0.5, 0.6) is 0 Å². The average molecular weight is 332 g/mol. The molecule has 1 amide bonds. The third-order valence-electron chi connectivity index (χ3n) is 3.82. The lowest BCUT2D eigenvalue weighted by atomic mass is 9.96. The van der Waals surface area contributed by atoms with Crippen molar-refractivity contribution in [2.24, 2.45) is 5.92 Å². The van der Waals surface area contributed by atoms with E-state index in [0.717, 1.165) is 36.4 Å². The molecule has 0 spiro atoms. The van der Waals surface area contributed by atoms with Crippen molar-refractivity contribution >= 4 is 33.7 Å². The second-order valence-electron chi connectivity index (χ2n) is 5.41. The molecule has 22 heavy (non-hydrogen) atoms. The highest BCUT2D eigenvalue weighted by atomic mass is 32.1. The molecule has 1 saturated heterocycles. The summed E-state index contributed by atoms with van der Waals surface area (Å²) >= 11 is 2.86. The first kappa shape index (κ1) is 15.2. The summed E-state index contributed by atoms with van der Waals surface area (Å²) in [5.41, 5.74) is 0.985. The number of nitrogens with zero attached hydrogens (tertiary/aromatic N) is 3. The van der Waals surface area contributed by atoms with Crippen LogP contribution in [-0.2, 0) is 4.79 Å². The summed E-state index contributed by atoms with van der Waals surface area (Å²) in [5.74, 6) is 0.145. The smallest absolute Gasteiger partial charge is 0.229 e. The Kier molecular flexibility index (Phi) is 4.52. The van der Waals surface area contributed by atoms with Crippen molar-refractivity contribution in [3.05, 3.63) is 22.5 Å². The molecule has 1 aliphatic heterocycles. The van der Waals surface area contributed by atoms with Gasteiger partial charge in [-0.25, -0.2) is 4.98 Å². The van der Waals surface area contributed by atoms with E-state index in [1.165, 1.54) is 22.7 Å². The molecule has 7 heteroatoms. The highest BCUT2D eigenvalue weighted by Crippen LogP contribution is 2.32. The lowest BCUT2D eigenvalue weighted by Gasteiger charge is -2.27. The van der Waals surface area contributed by atoms with Gasteiger partial charge in [0.25, 0.3) is 0 Å². The fourth-order valence-corrected chi connectivity index (χ4v) is 4.05. The Balaban J connectivity index is 1.64. The van der Waals surface area contributed by atoms with E-state index in [9.17, 15) is 4.79 Å². The number of amides is 1. The fraction of sp³-hybridized carbons (Fsp3) is 0.400. The molecule has 0 unspecified atom stereocenters. The third-order valence-corrected chi connectivity index (χ3v) is 5.62. The highest BCUT2D eigenvalue weighted by molar-refractivity contribution is 7.19. The van der Waals surface area contributed by atoms with Crippen molar-refractivity contribution in [2.45, 2.75) is 12.8 Å². The van der Waals surface area contributed by atoms with Gasteiger partial charge in [0.1, 0.15) is 10.9 Å². The van der Waals surface area contributed by atoms with Crippen LogP contribution in [0.15, 0.2) is 17.6 Å². The second-order valence-corrected chi connectivity index (χ2v) is 7.35. The number of likely N-dealkylation sites (tertiary alicyclic amines) is 1. The Bertz CT molecular complexity index is 707. The molecule has 2 aromatic heterocycles. The van der Waals surface area contributed by atoms with Gasteiger partial charge in [-0.2, -0.15) is 5.26 Å². The van der Waals surface area contributed by atoms with Crippen LogP contribution in [0.1, 0.15) is 17.7 Å². The number of thiazole rings is 1. The number of piperidine rings is 1. The number of aromatic nitrogens is 1. The zero-order valence-corrected chi connectivity index (χ0v) is 13.8. The number of nitriles is 1. The summed E-state index contributed by atoms with van der Waals surface area (Å²) in [5, 5.41) is 14.4. The first-order chi connectivity index (χ1) is 10.7. The quantitative estimate of drug-likeness (QED) is 0.938. The third kappa shape index (κ3) is 3.35. The first-order valence-corrected chi connectivity index (χ1v) is 8.79. The molecule has 114 valence electrons. The molecule has 0 atom stereocenters. The first-order valence-electron chi connectivity index (χ1n) is 7.10. The molecule has 3 heterocycles. The monoisotopic (exact) mass is 332 g/mol. The summed E-state index contributed by atoms with van der Waals surface area (Å²) in [6, 6.07) is 3.98. The van der Waals surface area contributed by atoms with E-state index in [1.807, 2.05) is 11.4 Å². The van der Waals surface area contributed by atoms with Crippen LogP contribution in [0.4, 0.5) is 5.13 Å². The van der Waals surface area contributed by atoms with E-state index < -0.39 is 0 Å². The van der Waals surface area contributed by atoms with Crippen molar-refractivity contribution < 1.29 is 4.79 Å². The van der Waals surface area contributed by atoms with Crippen LogP contribution in [0, 0.1) is 17.2 Å². The molecular weight excluding hydrogens is 316 g/mol. The molecule has 1 fully saturated rings. The second kappa shape index (κ2) is 6.57. The number of carbonyl (C=O) groups is 1. The SMILES string of the molecule is CN1CCC(C(=O)Nc2ncc(-c3csc(C#N)c3)s2)CC1. The van der Waals surface area contributed by atoms with Gasteiger partial charge in [-0.05, 0) is 39.0 Å². The fourth-order valence-electron chi connectivity index (χ4n) is 2.47. The van der Waals surface area contributed by atoms with Gasteiger partial charge >= 0.3 is 0 Å². The van der Waals surface area contributed by atoms with Gasteiger partial charge in [0, 0.05) is 23.1 Å². The van der Waals surface area contributed by atoms with E-state index in [0.29, 0.717) is 10.0 Å². The maximum Gasteiger partial charge on any atom is 0.229 e. The predicted octanol–water partition coefficient (Wildman–Crippen LogP) is 3.02. The van der Waals surface area contributed by atoms with Gasteiger partial charge in [0.15, 0.2) is 5.13 Å². The zero-order chi connectivity index (χ0) is 15.5. The lowest BCUT2D eigenvalue weighted by Crippen LogP contribution is -2.35. The van der Waals surface area contributed by atoms with Gasteiger partial charge in [-0.1, -0.05) is 11.3 Å². The van der Waals surface area contributed by atoms with Crippen LogP contribution in [-0.4, -0.2) is 35.9 Å². The summed E-state index contributed by atoms with van der Waals surface area (Å²) in [6.07, 6.45) is 3.55. The Labute approximate surface area is 137 Å². The van der Waals surface area contributed by atoms with Crippen molar-refractivity contribution in [1.29, 1.82) is 5.26 Å².